The molecule has 108 valence electrons. The van der Waals surface area contributed by atoms with Gasteiger partial charge >= 0.3 is 0 Å². The van der Waals surface area contributed by atoms with E-state index in [0.717, 1.165) is 17.7 Å². The molecular formula is C14H19ClN4O. The van der Waals surface area contributed by atoms with Crippen LogP contribution < -0.4 is 11.1 Å². The molecule has 0 radical (unpaired) electrons. The number of carbonyl (C=O) groups excluding carboxylic acids is 1. The van der Waals surface area contributed by atoms with E-state index in [0.29, 0.717) is 19.5 Å². The van der Waals surface area contributed by atoms with Gasteiger partial charge in [0.2, 0.25) is 5.91 Å². The van der Waals surface area contributed by atoms with Crippen LogP contribution in [0.25, 0.3) is 5.69 Å². The average molecular weight is 295 g/mol. The number of amides is 1. The number of nitrogens with zero attached hydrogens (tertiary/aromatic N) is 2. The van der Waals surface area contributed by atoms with Crippen molar-refractivity contribution in [3.05, 3.63) is 48.3 Å². The van der Waals surface area contributed by atoms with Crippen LogP contribution in [0.5, 0.6) is 0 Å². The first kappa shape index (κ1) is 16.2. The van der Waals surface area contributed by atoms with E-state index >= 15 is 0 Å². The minimum atomic E-state index is 0. The lowest BCUT2D eigenvalue weighted by molar-refractivity contribution is -0.120. The molecule has 0 aliphatic rings. The van der Waals surface area contributed by atoms with Crippen LogP contribution in [0.4, 0.5) is 0 Å². The smallest absolute Gasteiger partial charge is 0.224 e. The number of nitrogens with two attached hydrogens (primary N) is 1. The van der Waals surface area contributed by atoms with Crippen LogP contribution in [0, 0.1) is 0 Å². The SMILES string of the molecule is Cl.NCCCNC(=O)Cc1cnn(-c2ccccc2)c1. The Hall–Kier alpha value is -1.85. The second-order valence-electron chi connectivity index (χ2n) is 4.30. The molecule has 0 atom stereocenters. The molecule has 20 heavy (non-hydrogen) atoms. The molecule has 3 N–H and O–H groups in total. The first-order valence-electron chi connectivity index (χ1n) is 6.35. The monoisotopic (exact) mass is 294 g/mol. The summed E-state index contributed by atoms with van der Waals surface area (Å²) < 4.78 is 1.77. The molecule has 1 heterocycles. The maximum Gasteiger partial charge on any atom is 0.224 e. The standard InChI is InChI=1S/C14H18N4O.ClH/c15-7-4-8-16-14(19)9-12-10-17-18(11-12)13-5-2-1-3-6-13;/h1-3,5-6,10-11H,4,7-9,15H2,(H,16,19);1H. The summed E-state index contributed by atoms with van der Waals surface area (Å²) in [5.41, 5.74) is 7.25. The number of hydrogen-bond donors (Lipinski definition) is 2. The Morgan fingerprint density at radius 3 is 2.75 bits per heavy atom. The number of aromatic nitrogens is 2. The molecule has 2 aromatic rings. The molecule has 0 saturated heterocycles. The highest BCUT2D eigenvalue weighted by molar-refractivity contribution is 5.85. The second kappa shape index (κ2) is 8.35. The molecule has 0 unspecified atom stereocenters. The van der Waals surface area contributed by atoms with Crippen LogP contribution >= 0.6 is 12.4 Å². The lowest BCUT2D eigenvalue weighted by atomic mass is 10.2. The molecule has 0 saturated carbocycles. The van der Waals surface area contributed by atoms with Crippen molar-refractivity contribution in [2.75, 3.05) is 13.1 Å². The highest BCUT2D eigenvalue weighted by atomic mass is 35.5. The zero-order valence-corrected chi connectivity index (χ0v) is 12.0. The van der Waals surface area contributed by atoms with Crippen molar-refractivity contribution >= 4 is 18.3 Å². The summed E-state index contributed by atoms with van der Waals surface area (Å²) in [6.45, 7) is 1.22. The highest BCUT2D eigenvalue weighted by Gasteiger charge is 2.05. The van der Waals surface area contributed by atoms with Crippen molar-refractivity contribution in [3.8, 4) is 5.69 Å². The highest BCUT2D eigenvalue weighted by Crippen LogP contribution is 2.07. The van der Waals surface area contributed by atoms with Crippen LogP contribution in [0.1, 0.15) is 12.0 Å². The fraction of sp³-hybridized carbons (Fsp3) is 0.286. The summed E-state index contributed by atoms with van der Waals surface area (Å²) in [5, 5.41) is 7.08. The van der Waals surface area contributed by atoms with E-state index in [1.807, 2.05) is 36.5 Å². The summed E-state index contributed by atoms with van der Waals surface area (Å²) >= 11 is 0. The van der Waals surface area contributed by atoms with Crippen LogP contribution in [0.3, 0.4) is 0 Å². The van der Waals surface area contributed by atoms with Crippen molar-refractivity contribution in [1.29, 1.82) is 0 Å². The molecule has 0 aliphatic carbocycles. The second-order valence-corrected chi connectivity index (χ2v) is 4.30. The fourth-order valence-electron chi connectivity index (χ4n) is 1.75. The Balaban J connectivity index is 0.00000200. The third-order valence-corrected chi connectivity index (χ3v) is 2.72. The van der Waals surface area contributed by atoms with Crippen LogP contribution in [-0.4, -0.2) is 28.8 Å². The molecule has 0 spiro atoms. The summed E-state index contributed by atoms with van der Waals surface area (Å²) in [6, 6.07) is 9.81. The van der Waals surface area contributed by atoms with E-state index in [2.05, 4.69) is 10.4 Å². The van der Waals surface area contributed by atoms with E-state index in [-0.39, 0.29) is 18.3 Å². The fourth-order valence-corrected chi connectivity index (χ4v) is 1.75. The first-order chi connectivity index (χ1) is 9.29. The Kier molecular flexibility index (Phi) is 6.76. The number of rotatable bonds is 6. The largest absolute Gasteiger partial charge is 0.356 e. The molecule has 0 fully saturated rings. The van der Waals surface area contributed by atoms with Gasteiger partial charge in [-0.2, -0.15) is 5.10 Å². The van der Waals surface area contributed by atoms with Gasteiger partial charge in [0.25, 0.3) is 0 Å². The van der Waals surface area contributed by atoms with Gasteiger partial charge in [0.05, 0.1) is 18.3 Å². The first-order valence-corrected chi connectivity index (χ1v) is 6.35. The molecule has 2 rings (SSSR count). The zero-order chi connectivity index (χ0) is 13.5. The van der Waals surface area contributed by atoms with Gasteiger partial charge < -0.3 is 11.1 Å². The maximum atomic E-state index is 11.6. The topological polar surface area (TPSA) is 72.9 Å². The molecule has 0 bridgehead atoms. The molecule has 1 aromatic carbocycles. The quantitative estimate of drug-likeness (QED) is 0.789. The van der Waals surface area contributed by atoms with E-state index in [1.54, 1.807) is 10.9 Å². The van der Waals surface area contributed by atoms with Gasteiger partial charge in [-0.25, -0.2) is 4.68 Å². The Morgan fingerprint density at radius 2 is 2.05 bits per heavy atom. The number of benzene rings is 1. The maximum absolute atomic E-state index is 11.6. The van der Waals surface area contributed by atoms with Gasteiger partial charge in [-0.15, -0.1) is 12.4 Å². The van der Waals surface area contributed by atoms with Crippen molar-refractivity contribution in [2.45, 2.75) is 12.8 Å². The zero-order valence-electron chi connectivity index (χ0n) is 11.2. The number of hydrogen-bond acceptors (Lipinski definition) is 3. The van der Waals surface area contributed by atoms with E-state index < -0.39 is 0 Å². The van der Waals surface area contributed by atoms with Gasteiger partial charge in [-0.3, -0.25) is 4.79 Å². The summed E-state index contributed by atoms with van der Waals surface area (Å²) in [7, 11) is 0. The van der Waals surface area contributed by atoms with Crippen molar-refractivity contribution in [2.24, 2.45) is 5.73 Å². The Labute approximate surface area is 124 Å². The van der Waals surface area contributed by atoms with Gasteiger partial charge in [0.15, 0.2) is 0 Å². The molecule has 0 aliphatic heterocycles. The number of carbonyl (C=O) groups is 1. The van der Waals surface area contributed by atoms with Gasteiger partial charge in [-0.1, -0.05) is 18.2 Å². The van der Waals surface area contributed by atoms with Crippen molar-refractivity contribution in [3.63, 3.8) is 0 Å². The average Bonchev–Trinajstić information content (AvgIpc) is 2.88. The van der Waals surface area contributed by atoms with Crippen LogP contribution in [0.2, 0.25) is 0 Å². The molecule has 1 amide bonds. The Morgan fingerprint density at radius 1 is 1.30 bits per heavy atom. The molecule has 5 nitrogen and oxygen atoms in total. The minimum Gasteiger partial charge on any atom is -0.356 e. The van der Waals surface area contributed by atoms with Gasteiger partial charge in [0, 0.05) is 12.7 Å². The summed E-state index contributed by atoms with van der Waals surface area (Å²) in [6.07, 6.45) is 4.74. The van der Waals surface area contributed by atoms with E-state index in [4.69, 9.17) is 5.73 Å². The summed E-state index contributed by atoms with van der Waals surface area (Å²) in [5.74, 6) is 0.000983. The predicted octanol–water partition coefficient (Wildman–Crippen LogP) is 1.30. The van der Waals surface area contributed by atoms with Crippen molar-refractivity contribution < 1.29 is 4.79 Å². The molecule has 6 heteroatoms. The van der Waals surface area contributed by atoms with E-state index in [9.17, 15) is 4.79 Å². The Bertz CT molecular complexity index is 527. The third kappa shape index (κ3) is 4.68. The predicted molar refractivity (Wildman–Crippen MR) is 81.2 cm³/mol. The summed E-state index contributed by atoms with van der Waals surface area (Å²) in [4.78, 5) is 11.6. The lowest BCUT2D eigenvalue weighted by Crippen LogP contribution is -2.27. The number of halogens is 1. The number of nitrogens with one attached hydrogen (secondary N) is 1. The van der Waals surface area contributed by atoms with E-state index in [1.165, 1.54) is 0 Å². The lowest BCUT2D eigenvalue weighted by Gasteiger charge is -2.02. The van der Waals surface area contributed by atoms with Crippen LogP contribution in [-0.2, 0) is 11.2 Å². The van der Waals surface area contributed by atoms with Crippen LogP contribution in [0.15, 0.2) is 42.7 Å². The van der Waals surface area contributed by atoms with Crippen molar-refractivity contribution in [1.82, 2.24) is 15.1 Å². The third-order valence-electron chi connectivity index (χ3n) is 2.72. The normalized spacial score (nSPS) is 9.85. The van der Waals surface area contributed by atoms with Gasteiger partial charge in [-0.05, 0) is 30.7 Å². The number of para-hydroxylation sites is 1. The molecule has 1 aromatic heterocycles. The molecular weight excluding hydrogens is 276 g/mol. The minimum absolute atomic E-state index is 0. The van der Waals surface area contributed by atoms with Gasteiger partial charge in [0.1, 0.15) is 0 Å².